The third-order valence-corrected chi connectivity index (χ3v) is 5.71. The van der Waals surface area contributed by atoms with Gasteiger partial charge in [-0.05, 0) is 48.9 Å². The number of benzene rings is 2. The summed E-state index contributed by atoms with van der Waals surface area (Å²) in [6.07, 6.45) is 2.10. The fraction of sp³-hybridized carbons (Fsp3) is 0.375. The quantitative estimate of drug-likeness (QED) is 0.619. The Balaban J connectivity index is 1.39. The summed E-state index contributed by atoms with van der Waals surface area (Å²) >= 11 is 0. The van der Waals surface area contributed by atoms with Crippen molar-refractivity contribution in [2.24, 2.45) is 0 Å². The van der Waals surface area contributed by atoms with Gasteiger partial charge in [-0.25, -0.2) is 9.18 Å². The minimum Gasteiger partial charge on any atom is -0.379 e. The zero-order chi connectivity index (χ0) is 21.6. The molecule has 164 valence electrons. The highest BCUT2D eigenvalue weighted by atomic mass is 19.1. The number of rotatable bonds is 7. The van der Waals surface area contributed by atoms with E-state index in [4.69, 9.17) is 4.74 Å². The van der Waals surface area contributed by atoms with Crippen LogP contribution < -0.4 is 5.32 Å². The first-order chi connectivity index (χ1) is 15.1. The fourth-order valence-corrected chi connectivity index (χ4v) is 3.93. The highest BCUT2D eigenvalue weighted by Gasteiger charge is 2.14. The number of aromatic nitrogens is 1. The molecule has 1 saturated heterocycles. The molecule has 0 aliphatic carbocycles. The Labute approximate surface area is 182 Å². The third-order valence-electron chi connectivity index (χ3n) is 5.71. The van der Waals surface area contributed by atoms with Crippen molar-refractivity contribution in [2.45, 2.75) is 20.0 Å². The van der Waals surface area contributed by atoms with Gasteiger partial charge in [-0.15, -0.1) is 0 Å². The zero-order valence-electron chi connectivity index (χ0n) is 17.9. The van der Waals surface area contributed by atoms with E-state index in [1.807, 2.05) is 31.2 Å². The van der Waals surface area contributed by atoms with Gasteiger partial charge in [0.15, 0.2) is 0 Å². The lowest BCUT2D eigenvalue weighted by molar-refractivity contribution is 0.0365. The molecule has 7 heteroatoms. The minimum absolute atomic E-state index is 0.196. The van der Waals surface area contributed by atoms with Gasteiger partial charge in [0.1, 0.15) is 5.82 Å². The van der Waals surface area contributed by atoms with E-state index in [1.54, 1.807) is 11.0 Å². The van der Waals surface area contributed by atoms with Crippen LogP contribution in [0, 0.1) is 5.82 Å². The molecular weight excluding hydrogens is 395 g/mol. The van der Waals surface area contributed by atoms with Gasteiger partial charge >= 0.3 is 6.03 Å². The maximum Gasteiger partial charge on any atom is 0.322 e. The van der Waals surface area contributed by atoms with Gasteiger partial charge in [-0.3, -0.25) is 4.90 Å². The maximum absolute atomic E-state index is 13.5. The summed E-state index contributed by atoms with van der Waals surface area (Å²) < 4.78 is 21.1. The Hall–Kier alpha value is -2.90. The standard InChI is InChI=1S/C24H29FN4O2/c1-2-28(18-19-4-3-5-21(25)16-19)24(30)26-22-6-7-23-20(17-22)8-9-29(23)11-10-27-12-14-31-15-13-27/h3-9,16-17H,2,10-15,18H2,1H3,(H,26,30). The molecule has 0 saturated carbocycles. The van der Waals surface area contributed by atoms with Gasteiger partial charge in [0.05, 0.1) is 13.2 Å². The molecule has 0 unspecified atom stereocenters. The Bertz CT molecular complexity index is 1030. The number of anilines is 1. The number of nitrogens with zero attached hydrogens (tertiary/aromatic N) is 3. The lowest BCUT2D eigenvalue weighted by Crippen LogP contribution is -2.38. The van der Waals surface area contributed by atoms with E-state index in [0.717, 1.165) is 61.5 Å². The Morgan fingerprint density at radius 3 is 2.74 bits per heavy atom. The summed E-state index contributed by atoms with van der Waals surface area (Å²) in [6.45, 7) is 8.31. The van der Waals surface area contributed by atoms with Crippen LogP contribution in [-0.4, -0.2) is 59.8 Å². The number of amides is 2. The number of carbonyl (C=O) groups excluding carboxylic acids is 1. The SMILES string of the molecule is CCN(Cc1cccc(F)c1)C(=O)Nc1ccc2c(ccn2CCN2CCOCC2)c1. The summed E-state index contributed by atoms with van der Waals surface area (Å²) in [5, 5.41) is 4.07. The van der Waals surface area contributed by atoms with Crippen LogP contribution in [0.25, 0.3) is 10.9 Å². The van der Waals surface area contributed by atoms with Gasteiger partial charge in [0.2, 0.25) is 0 Å². The molecular formula is C24H29FN4O2. The molecule has 6 nitrogen and oxygen atoms in total. The molecule has 31 heavy (non-hydrogen) atoms. The molecule has 0 spiro atoms. The monoisotopic (exact) mass is 424 g/mol. The number of hydrogen-bond acceptors (Lipinski definition) is 3. The summed E-state index contributed by atoms with van der Waals surface area (Å²) in [4.78, 5) is 16.8. The summed E-state index contributed by atoms with van der Waals surface area (Å²) in [5.74, 6) is -0.294. The topological polar surface area (TPSA) is 49.7 Å². The molecule has 2 amide bonds. The lowest BCUT2D eigenvalue weighted by atomic mass is 10.2. The van der Waals surface area contributed by atoms with E-state index in [9.17, 15) is 9.18 Å². The van der Waals surface area contributed by atoms with Gasteiger partial charge in [0.25, 0.3) is 0 Å². The van der Waals surface area contributed by atoms with Gasteiger partial charge < -0.3 is 19.5 Å². The highest BCUT2D eigenvalue weighted by Crippen LogP contribution is 2.21. The number of halogens is 1. The van der Waals surface area contributed by atoms with Crippen LogP contribution in [0.5, 0.6) is 0 Å². The number of nitrogens with one attached hydrogen (secondary N) is 1. The van der Waals surface area contributed by atoms with Crippen LogP contribution >= 0.6 is 0 Å². The van der Waals surface area contributed by atoms with Crippen molar-refractivity contribution >= 4 is 22.6 Å². The zero-order valence-corrected chi connectivity index (χ0v) is 17.9. The molecule has 0 bridgehead atoms. The molecule has 0 radical (unpaired) electrons. The predicted molar refractivity (Wildman–Crippen MR) is 121 cm³/mol. The second-order valence-electron chi connectivity index (χ2n) is 7.81. The van der Waals surface area contributed by atoms with Crippen molar-refractivity contribution in [3.8, 4) is 0 Å². The molecule has 2 heterocycles. The second-order valence-corrected chi connectivity index (χ2v) is 7.81. The lowest BCUT2D eigenvalue weighted by Gasteiger charge is -2.26. The molecule has 1 fully saturated rings. The number of carbonyl (C=O) groups is 1. The number of urea groups is 1. The Kier molecular flexibility index (Phi) is 6.84. The first-order valence-corrected chi connectivity index (χ1v) is 10.8. The van der Waals surface area contributed by atoms with E-state index < -0.39 is 0 Å². The molecule has 1 aliphatic rings. The van der Waals surface area contributed by atoms with E-state index in [1.165, 1.54) is 12.1 Å². The van der Waals surface area contributed by atoms with Crippen LogP contribution in [0.1, 0.15) is 12.5 Å². The van der Waals surface area contributed by atoms with Crippen molar-refractivity contribution in [3.63, 3.8) is 0 Å². The first-order valence-electron chi connectivity index (χ1n) is 10.8. The molecule has 1 N–H and O–H groups in total. The summed E-state index contributed by atoms with van der Waals surface area (Å²) in [6, 6.07) is 14.2. The normalized spacial score (nSPS) is 14.6. The van der Waals surface area contributed by atoms with E-state index in [0.29, 0.717) is 13.1 Å². The van der Waals surface area contributed by atoms with Crippen LogP contribution in [-0.2, 0) is 17.8 Å². The number of hydrogen-bond donors (Lipinski definition) is 1. The van der Waals surface area contributed by atoms with Crippen molar-refractivity contribution in [1.82, 2.24) is 14.4 Å². The van der Waals surface area contributed by atoms with Crippen LogP contribution in [0.4, 0.5) is 14.9 Å². The fourth-order valence-electron chi connectivity index (χ4n) is 3.93. The Morgan fingerprint density at radius 2 is 1.97 bits per heavy atom. The average Bonchev–Trinajstić information content (AvgIpc) is 3.19. The number of morpholine rings is 1. The van der Waals surface area contributed by atoms with Crippen molar-refractivity contribution in [3.05, 3.63) is 66.1 Å². The maximum atomic E-state index is 13.5. The summed E-state index contributed by atoms with van der Waals surface area (Å²) in [7, 11) is 0. The van der Waals surface area contributed by atoms with Gasteiger partial charge in [0, 0.05) is 62.1 Å². The van der Waals surface area contributed by atoms with Gasteiger partial charge in [-0.1, -0.05) is 12.1 Å². The van der Waals surface area contributed by atoms with E-state index >= 15 is 0 Å². The van der Waals surface area contributed by atoms with E-state index in [2.05, 4.69) is 27.0 Å². The largest absolute Gasteiger partial charge is 0.379 e. The van der Waals surface area contributed by atoms with Crippen molar-refractivity contribution < 1.29 is 13.9 Å². The number of fused-ring (bicyclic) bond motifs is 1. The average molecular weight is 425 g/mol. The minimum atomic E-state index is -0.294. The van der Waals surface area contributed by atoms with Crippen molar-refractivity contribution in [1.29, 1.82) is 0 Å². The molecule has 0 atom stereocenters. The molecule has 3 aromatic rings. The molecule has 1 aliphatic heterocycles. The third kappa shape index (κ3) is 5.42. The molecule has 4 rings (SSSR count). The second kappa shape index (κ2) is 9.94. The molecule has 1 aromatic heterocycles. The van der Waals surface area contributed by atoms with Crippen molar-refractivity contribution in [2.75, 3.05) is 44.7 Å². The van der Waals surface area contributed by atoms with E-state index in [-0.39, 0.29) is 11.8 Å². The van der Waals surface area contributed by atoms with Gasteiger partial charge in [-0.2, -0.15) is 0 Å². The number of ether oxygens (including phenoxy) is 1. The molecule has 2 aromatic carbocycles. The Morgan fingerprint density at radius 1 is 1.13 bits per heavy atom. The van der Waals surface area contributed by atoms with Crippen LogP contribution in [0.2, 0.25) is 0 Å². The van der Waals surface area contributed by atoms with Crippen LogP contribution in [0.15, 0.2) is 54.7 Å². The first kappa shape index (κ1) is 21.3. The highest BCUT2D eigenvalue weighted by molar-refractivity contribution is 5.93. The summed E-state index contributed by atoms with van der Waals surface area (Å²) in [5.41, 5.74) is 2.67. The smallest absolute Gasteiger partial charge is 0.322 e. The predicted octanol–water partition coefficient (Wildman–Crippen LogP) is 4.17. The van der Waals surface area contributed by atoms with Crippen LogP contribution in [0.3, 0.4) is 0 Å².